The number of alkyl halides is 12. The normalized spacial score (nSPS) is 13.0. The van der Waals surface area contributed by atoms with E-state index in [0.29, 0.717) is 0 Å². The van der Waals surface area contributed by atoms with E-state index >= 15 is 0 Å². The van der Waals surface area contributed by atoms with E-state index in [1.165, 1.54) is 0 Å². The fourth-order valence-electron chi connectivity index (χ4n) is 0.576. The fraction of sp³-hybridized carbons (Fsp3) is 0.400. The number of carbonyl (C=O) groups is 2. The van der Waals surface area contributed by atoms with E-state index in [-0.39, 0.29) is 57.9 Å². The number of ketones is 2. The van der Waals surface area contributed by atoms with Crippen LogP contribution in [0.5, 0.6) is 0 Å². The first-order chi connectivity index (χ1) is 11.1. The minimum absolute atomic E-state index is 0. The van der Waals surface area contributed by atoms with Gasteiger partial charge < -0.3 is 21.2 Å². The Hall–Kier alpha value is -0.981. The van der Waals surface area contributed by atoms with Gasteiger partial charge in [-0.2, -0.15) is 52.7 Å². The van der Waals surface area contributed by atoms with Crippen molar-refractivity contribution in [1.82, 2.24) is 0 Å². The molecular weight excluding hydrogens is 617 g/mol. The molecule has 0 aliphatic carbocycles. The van der Waals surface area contributed by atoms with Crippen LogP contribution in [0.3, 0.4) is 0 Å². The molecule has 0 radical (unpaired) electrons. The molecule has 0 rings (SSSR count). The Bertz CT molecular complexity index is 532. The first kappa shape index (κ1) is 38.6. The van der Waals surface area contributed by atoms with Crippen molar-refractivity contribution in [2.75, 3.05) is 0 Å². The van der Waals surface area contributed by atoms with Crippen LogP contribution in [0.15, 0.2) is 23.7 Å². The number of aliphatic hydroxyl groups excluding tert-OH is 2. The number of rotatable bonds is 2. The van der Waals surface area contributed by atoms with Gasteiger partial charge in [-0.1, -0.05) is 0 Å². The maximum Gasteiger partial charge on any atom is 0.454 e. The number of aliphatic hydroxyl groups is 2. The fourth-order valence-corrected chi connectivity index (χ4v) is 0.576. The molecule has 0 fully saturated rings. The van der Waals surface area contributed by atoms with Crippen LogP contribution in [0.25, 0.3) is 0 Å². The van der Waals surface area contributed by atoms with Gasteiger partial charge >= 0.3 is 24.7 Å². The zero-order valence-corrected chi connectivity index (χ0v) is 14.4. The molecule has 0 saturated carbocycles. The third-order valence-corrected chi connectivity index (χ3v) is 1.68. The van der Waals surface area contributed by atoms with E-state index in [4.69, 9.17) is 10.2 Å². The molecule has 0 aromatic rings. The Morgan fingerprint density at radius 3 is 0.793 bits per heavy atom. The second-order valence-corrected chi connectivity index (χ2v) is 3.78. The zero-order valence-electron chi connectivity index (χ0n) is 12.7. The van der Waals surface area contributed by atoms with E-state index < -0.39 is 59.9 Å². The van der Waals surface area contributed by atoms with Gasteiger partial charge in [-0.05, 0) is 0 Å². The minimum atomic E-state index is -5.42. The van der Waals surface area contributed by atoms with Gasteiger partial charge in [0.2, 0.25) is 11.5 Å². The second-order valence-electron chi connectivity index (χ2n) is 3.78. The topological polar surface area (TPSA) is 138 Å². The molecule has 0 aliphatic rings. The van der Waals surface area contributed by atoms with Crippen LogP contribution in [-0.4, -0.2) is 57.4 Å². The monoisotopic (exact) mass is 626 g/mol. The van der Waals surface area contributed by atoms with Crippen LogP contribution in [-0.2, 0) is 9.59 Å². The summed E-state index contributed by atoms with van der Waals surface area (Å²) in [7, 11) is 0. The largest absolute Gasteiger partial charge is 0.504 e. The van der Waals surface area contributed by atoms with Gasteiger partial charge in [-0.25, -0.2) is 0 Å². The Morgan fingerprint density at radius 1 is 0.517 bits per heavy atom. The molecule has 29 heavy (non-hydrogen) atoms. The number of allylic oxidation sites excluding steroid dienone is 4. The number of halogens is 12. The van der Waals surface area contributed by atoms with Crippen molar-refractivity contribution in [3.63, 3.8) is 0 Å². The molecule has 0 spiro atoms. The molecule has 0 bridgehead atoms. The average molecular weight is 625 g/mol. The molecule has 6 nitrogen and oxygen atoms in total. The summed E-state index contributed by atoms with van der Waals surface area (Å²) in [5.74, 6) is -10.7. The summed E-state index contributed by atoms with van der Waals surface area (Å²) in [5, 5.41) is 15.9. The van der Waals surface area contributed by atoms with Crippen molar-refractivity contribution in [2.24, 2.45) is 0 Å². The van der Waals surface area contributed by atoms with E-state index in [0.717, 1.165) is 0 Å². The van der Waals surface area contributed by atoms with Crippen molar-refractivity contribution in [3.8, 4) is 0 Å². The van der Waals surface area contributed by atoms with E-state index in [2.05, 4.69) is 0 Å². The summed E-state index contributed by atoms with van der Waals surface area (Å²) in [5.41, 5.74) is 0. The molecule has 0 aromatic heterocycles. The van der Waals surface area contributed by atoms with Gasteiger partial charge in [0.15, 0.2) is 0 Å². The van der Waals surface area contributed by atoms with Gasteiger partial charge in [-0.3, -0.25) is 9.59 Å². The summed E-state index contributed by atoms with van der Waals surface area (Å²) in [6.07, 6.45) is -23.4. The first-order valence-electron chi connectivity index (χ1n) is 5.28. The quantitative estimate of drug-likeness (QED) is 0.277. The Labute approximate surface area is 189 Å². The van der Waals surface area contributed by atoms with Crippen LogP contribution >= 0.6 is 0 Å². The van der Waals surface area contributed by atoms with Crippen LogP contribution in [0.2, 0.25) is 0 Å². The molecule has 0 atom stereocenters. The molecule has 182 valence electrons. The molecule has 19 heteroatoms. The summed E-state index contributed by atoms with van der Waals surface area (Å²) in [4.78, 5) is 19.7. The van der Waals surface area contributed by atoms with Crippen molar-refractivity contribution in [2.45, 2.75) is 24.7 Å². The predicted molar refractivity (Wildman–Crippen MR) is 62.9 cm³/mol. The maximum absolute atomic E-state index is 11.4. The molecule has 0 heterocycles. The third-order valence-electron chi connectivity index (χ3n) is 1.68. The Morgan fingerprint density at radius 2 is 0.690 bits per heavy atom. The van der Waals surface area contributed by atoms with Crippen molar-refractivity contribution < 1.29 is 130 Å². The number of hydrogen-bond donors (Lipinski definition) is 2. The van der Waals surface area contributed by atoms with Gasteiger partial charge in [0.1, 0.15) is 0 Å². The summed E-state index contributed by atoms with van der Waals surface area (Å²) in [6, 6.07) is 0. The van der Waals surface area contributed by atoms with Gasteiger partial charge in [0, 0.05) is 59.1 Å². The van der Waals surface area contributed by atoms with Gasteiger partial charge in [0.05, 0.1) is 0 Å². The van der Waals surface area contributed by atoms with Crippen molar-refractivity contribution in [1.29, 1.82) is 0 Å². The van der Waals surface area contributed by atoms with Crippen LogP contribution in [0.1, 0.15) is 0 Å². The Balaban J connectivity index is -0.000000120. The predicted octanol–water partition coefficient (Wildman–Crippen LogP) is 2.59. The molecule has 6 N–H and O–H groups in total. The minimum Gasteiger partial charge on any atom is -0.504 e. The van der Waals surface area contributed by atoms with Gasteiger partial charge in [-0.15, -0.1) is 0 Å². The number of carbonyl (C=O) groups excluding carboxylic acids is 2. The van der Waals surface area contributed by atoms with Crippen molar-refractivity contribution >= 4 is 11.6 Å². The van der Waals surface area contributed by atoms with E-state index in [1.54, 1.807) is 0 Å². The second kappa shape index (κ2) is 13.3. The molecule has 0 saturated heterocycles. The van der Waals surface area contributed by atoms with Gasteiger partial charge in [0.25, 0.3) is 11.6 Å². The zero-order chi connectivity index (χ0) is 21.7. The SMILES string of the molecule is O.O.O=C(/C=C(\O)C(F)(F)F)C(F)(F)F.O=C(/C=C(\O)C(F)(F)F)C(F)(F)F.[Yb]. The van der Waals surface area contributed by atoms with Crippen LogP contribution in [0.4, 0.5) is 52.7 Å². The average Bonchev–Trinajstić information content (AvgIpc) is 2.34. The van der Waals surface area contributed by atoms with Crippen molar-refractivity contribution in [3.05, 3.63) is 23.7 Å². The van der Waals surface area contributed by atoms with Crippen LogP contribution in [0, 0.1) is 46.9 Å². The maximum atomic E-state index is 11.4. The summed E-state index contributed by atoms with van der Waals surface area (Å²) in [6.45, 7) is 0. The molecule has 0 amide bonds. The molecule has 0 unspecified atom stereocenters. The first-order valence-corrected chi connectivity index (χ1v) is 5.28. The van der Waals surface area contributed by atoms with E-state index in [9.17, 15) is 62.3 Å². The molecular formula is C10H8F12O6Yb. The Kier molecular flexibility index (Phi) is 17.8. The molecule has 0 aromatic carbocycles. The van der Waals surface area contributed by atoms with E-state index in [1.807, 2.05) is 0 Å². The smallest absolute Gasteiger partial charge is 0.454 e. The standard InChI is InChI=1S/2C5H2F6O2.2H2O.Yb/c2*6-4(7,8)2(12)1-3(13)5(9,10)11;;;/h2*1,12H;2*1H2;/b2*2-1-;;;. The summed E-state index contributed by atoms with van der Waals surface area (Å²) < 4.78 is 136. The van der Waals surface area contributed by atoms with Crippen LogP contribution < -0.4 is 0 Å². The summed E-state index contributed by atoms with van der Waals surface area (Å²) >= 11 is 0. The third kappa shape index (κ3) is 17.6. The molecule has 0 aliphatic heterocycles. The number of hydrogen-bond acceptors (Lipinski definition) is 4.